The van der Waals surface area contributed by atoms with E-state index in [0.29, 0.717) is 44.9 Å². The molecular formula is C94H163N8O27P3. The smallest absolute Gasteiger partial charge is 0.341 e. The van der Waals surface area contributed by atoms with Crippen molar-refractivity contribution < 1.29 is 128 Å². The van der Waals surface area contributed by atoms with Gasteiger partial charge in [-0.2, -0.15) is 0 Å². The number of nitrogens with one attached hydrogen (secondary N) is 3. The maximum absolute atomic E-state index is 13.6. The second kappa shape index (κ2) is 46.4. The number of rotatable bonds is 15. The van der Waals surface area contributed by atoms with Gasteiger partial charge in [-0.1, -0.05) is 83.1 Å². The highest BCUT2D eigenvalue weighted by Gasteiger charge is 2.69. The summed E-state index contributed by atoms with van der Waals surface area (Å²) in [6.45, 7) is 37.5. The first-order valence-electron chi connectivity index (χ1n) is 48.1. The van der Waals surface area contributed by atoms with E-state index in [-0.39, 0.29) is 217 Å². The van der Waals surface area contributed by atoms with Crippen molar-refractivity contribution in [3.8, 4) is 0 Å². The highest BCUT2D eigenvalue weighted by atomic mass is 31.0. The maximum atomic E-state index is 13.6. The first-order chi connectivity index (χ1) is 61.9. The van der Waals surface area contributed by atoms with E-state index >= 15 is 0 Å². The molecule has 12 aliphatic heterocycles. The fourth-order valence-electron chi connectivity index (χ4n) is 24.1. The molecule has 12 heterocycles. The summed E-state index contributed by atoms with van der Waals surface area (Å²) in [6.07, 6.45) is -6.09. The Morgan fingerprint density at radius 3 is 0.848 bits per heavy atom. The molecule has 0 spiro atoms. The summed E-state index contributed by atoms with van der Waals surface area (Å²) in [4.78, 5) is 125. The minimum Gasteiger partial charge on any atom is -0.462 e. The predicted molar refractivity (Wildman–Crippen MR) is 496 cm³/mol. The van der Waals surface area contributed by atoms with Crippen molar-refractivity contribution in [2.45, 2.75) is 390 Å². The molecule has 0 aromatic carbocycles. The molecule has 0 bridgehead atoms. The number of likely N-dealkylation sites (N-methyl/N-ethyl adjacent to an activating group) is 3. The van der Waals surface area contributed by atoms with Gasteiger partial charge in [-0.25, -0.2) is 9.59 Å². The van der Waals surface area contributed by atoms with Gasteiger partial charge in [-0.05, 0) is 146 Å². The molecule has 756 valence electrons. The number of nitrogens with zero attached hydrogens (tertiary/aromatic N) is 3. The van der Waals surface area contributed by atoms with Gasteiger partial charge in [-0.3, -0.25) is 49.5 Å². The Labute approximate surface area is 790 Å². The van der Waals surface area contributed by atoms with E-state index < -0.39 is 139 Å². The molecule has 0 radical (unpaired) electrons. The van der Waals surface area contributed by atoms with Crippen LogP contribution in [0, 0.1) is 88.8 Å². The number of hydrogen-bond donors (Lipinski definition) is 5. The van der Waals surface area contributed by atoms with Crippen molar-refractivity contribution >= 4 is 81.6 Å². The monoisotopic (exact) mass is 1930 g/mol. The quantitative estimate of drug-likeness (QED) is 0.0615. The molecule has 12 fully saturated rings. The Bertz CT molecular complexity index is 3530. The Balaban J connectivity index is 0.000000205. The molecule has 12 rings (SSSR count). The summed E-state index contributed by atoms with van der Waals surface area (Å²) < 4.78 is 110. The number of nitrogens with two attached hydrogens (primary N) is 2. The number of carbonyl (C=O) groups is 9. The Hall–Kier alpha value is -3.68. The summed E-state index contributed by atoms with van der Waals surface area (Å²) in [5.74, 6) is -4.75. The lowest BCUT2D eigenvalue weighted by Gasteiger charge is -2.49. The minimum atomic E-state index is -1.32. The van der Waals surface area contributed by atoms with Crippen molar-refractivity contribution in [1.29, 1.82) is 0 Å². The van der Waals surface area contributed by atoms with Crippen LogP contribution >= 0.6 is 28.4 Å². The summed E-state index contributed by atoms with van der Waals surface area (Å²) in [7, 11) is 24.1. The SMILES string of the molecule is CO[C@@H]1[C@@H](OC2OC(C)C(C)C(N(C)C)C2OP)[C@@H](C)C[C@@H](C)C(=O)C[C@H]2N[C@@]3(C)C(=O)O[C@@H](C[C@@H](C)OC(=O)C[C@H]1C)C23.CO[C@@H]1[C@@H](OC2OC(C)C(C)C(N(C)C)C2OP)[C@@H](C)C[C@@H](C)C(=O)C[C@H]2N[C@@]3(N)C(=O)O[C@@H](C[C@@H](C)OC(=O)C[C@H]1C)C23.CO[C@@H]1[C@@H](OC2OC(C)C(C)C(N(C)C)C2OP)[C@@H](C)C[C@@H](C)C(=O)C[C@H]2N[C@@]3(N)C(=O)O[C@@H](C[C@@H](C)OC(=O)C[C@H]1C)C23. The van der Waals surface area contributed by atoms with E-state index in [9.17, 15) is 43.2 Å². The zero-order valence-electron chi connectivity index (χ0n) is 83.5. The van der Waals surface area contributed by atoms with E-state index in [1.807, 2.05) is 132 Å². The van der Waals surface area contributed by atoms with Crippen LogP contribution in [0.15, 0.2) is 0 Å². The number of cyclic esters (lactones) is 3. The van der Waals surface area contributed by atoms with Crippen molar-refractivity contribution in [2.24, 2.45) is 100 Å². The lowest BCUT2D eigenvalue weighted by atomic mass is 9.67. The molecule has 12 aliphatic rings. The van der Waals surface area contributed by atoms with Crippen LogP contribution in [0.3, 0.4) is 0 Å². The third kappa shape index (κ3) is 24.0. The fraction of sp³-hybridized carbons (Fsp3) is 0.904. The normalized spacial score (nSPS) is 47.5. The topological polar surface area (TPSA) is 418 Å². The molecule has 0 saturated carbocycles. The summed E-state index contributed by atoms with van der Waals surface area (Å²) in [6, 6.07) is -0.708. The molecule has 0 aliphatic carbocycles. The standard InChI is InChI=1S/C32H55N2O9P.2C31H54N3O9P/c1-15-11-16(2)28(42-30-29(43-44)26(34(8)9)19(5)20(6)40-30)27(38-10)17(3)12-24(36)39-18(4)13-23-25-21(14-22(15)35)33-32(25,7)31(37)41-23;2*1-14-10-15(2)27(42-29-28(43-44)25(34(7)8)18(5)19(6)40-29)26(38-9)16(3)11-23(36)39-17(4)12-22-24-20(13-21(14)35)33-31(24,32)30(37)41-22/h15-21,23,25-30,33H,11-14,44H2,1-10H3;2*14-20,22,24-29,33H,10-13,32,44H2,1-9H3/t15-,16+,17-,18-,19?,20?,21-,23+,25?,26?,27+,28+,29?,30?,32-;2*14-,15+,16-,17-,18?,19?,20-,22+,24?,25?,26+,27+,28?,29?,31-/m111/s1. The number of esters is 6. The van der Waals surface area contributed by atoms with E-state index in [1.165, 1.54) is 0 Å². The molecular weight excluding hydrogens is 1770 g/mol. The zero-order valence-corrected chi connectivity index (χ0v) is 86.9. The van der Waals surface area contributed by atoms with Crippen LogP contribution in [0.2, 0.25) is 0 Å². The summed E-state index contributed by atoms with van der Waals surface area (Å²) in [5.41, 5.74) is 9.25. The van der Waals surface area contributed by atoms with Crippen molar-refractivity contribution in [3.63, 3.8) is 0 Å². The van der Waals surface area contributed by atoms with Gasteiger partial charge in [0.25, 0.3) is 0 Å². The van der Waals surface area contributed by atoms with Crippen LogP contribution < -0.4 is 27.4 Å². The number of ketones is 3. The number of hydrogen-bond acceptors (Lipinski definition) is 35. The van der Waals surface area contributed by atoms with Gasteiger partial charge in [0.05, 0.1) is 86.0 Å². The van der Waals surface area contributed by atoms with E-state index in [2.05, 4.69) is 86.7 Å². The lowest BCUT2D eigenvalue weighted by molar-refractivity contribution is -0.292. The number of ether oxygens (including phenoxy) is 15. The second-order valence-corrected chi connectivity index (χ2v) is 43.2. The van der Waals surface area contributed by atoms with Gasteiger partial charge >= 0.3 is 35.8 Å². The van der Waals surface area contributed by atoms with E-state index in [0.717, 1.165) is 0 Å². The van der Waals surface area contributed by atoms with Gasteiger partial charge in [0.15, 0.2) is 30.2 Å². The van der Waals surface area contributed by atoms with Crippen LogP contribution in [0.5, 0.6) is 0 Å². The molecule has 132 heavy (non-hydrogen) atoms. The zero-order chi connectivity index (χ0) is 98.0. The molecule has 12 saturated heterocycles. The molecule has 7 N–H and O–H groups in total. The van der Waals surface area contributed by atoms with Crippen molar-refractivity contribution in [3.05, 3.63) is 0 Å². The summed E-state index contributed by atoms with van der Waals surface area (Å²) in [5, 5.41) is 9.52. The minimum absolute atomic E-state index is 0.0260. The number of methoxy groups -OCH3 is 3. The van der Waals surface area contributed by atoms with Crippen molar-refractivity contribution in [1.82, 2.24) is 30.7 Å². The molecule has 35 nitrogen and oxygen atoms in total. The van der Waals surface area contributed by atoms with Gasteiger partial charge in [0, 0.05) is 166 Å². The second-order valence-electron chi connectivity index (χ2n) is 42.4. The molecule has 48 atom stereocenters. The van der Waals surface area contributed by atoms with E-state index in [1.54, 1.807) is 35.2 Å². The molecule has 0 aromatic rings. The van der Waals surface area contributed by atoms with Gasteiger partial charge in [0.1, 0.15) is 77.8 Å². The highest BCUT2D eigenvalue weighted by Crippen LogP contribution is 2.50. The van der Waals surface area contributed by atoms with E-state index in [4.69, 9.17) is 96.1 Å². The highest BCUT2D eigenvalue weighted by molar-refractivity contribution is 7.10. The predicted octanol–water partition coefficient (Wildman–Crippen LogP) is 7.18. The maximum Gasteiger partial charge on any atom is 0.341 e. The Kier molecular flexibility index (Phi) is 38.7. The Morgan fingerprint density at radius 1 is 0.333 bits per heavy atom. The summed E-state index contributed by atoms with van der Waals surface area (Å²) >= 11 is 0. The van der Waals surface area contributed by atoms with Crippen LogP contribution in [0.4, 0.5) is 0 Å². The first-order valence-corrected chi connectivity index (χ1v) is 49.6. The molecule has 21 unspecified atom stereocenters. The average molecular weight is 1930 g/mol. The number of Topliss-reactive ketones (excluding diaryl/α,β-unsaturated/α-hetero) is 3. The van der Waals surface area contributed by atoms with Crippen LogP contribution in [0.1, 0.15) is 209 Å². The van der Waals surface area contributed by atoms with Crippen LogP contribution in [-0.4, -0.2) is 313 Å². The Morgan fingerprint density at radius 2 is 0.591 bits per heavy atom. The lowest BCUT2D eigenvalue weighted by Crippen LogP contribution is -2.78. The third-order valence-electron chi connectivity index (χ3n) is 31.7. The molecule has 0 aromatic heterocycles. The molecule has 38 heteroatoms. The van der Waals surface area contributed by atoms with Crippen molar-refractivity contribution in [2.75, 3.05) is 63.6 Å². The first kappa shape index (κ1) is 110. The average Bonchev–Trinajstić information content (AvgIpc) is 1.56. The van der Waals surface area contributed by atoms with Crippen LogP contribution in [-0.2, 0) is 128 Å². The largest absolute Gasteiger partial charge is 0.462 e. The van der Waals surface area contributed by atoms with Gasteiger partial charge < -0.3 is 111 Å². The number of carbonyl (C=O) groups excluding carboxylic acids is 9. The third-order valence-corrected chi connectivity index (χ3v) is 32.6. The molecule has 0 amide bonds. The van der Waals surface area contributed by atoms with Gasteiger partial charge in [-0.15, -0.1) is 0 Å². The van der Waals surface area contributed by atoms with Crippen LogP contribution in [0.25, 0.3) is 0 Å². The van der Waals surface area contributed by atoms with Gasteiger partial charge in [0.2, 0.25) is 0 Å². The fourth-order valence-corrected chi connectivity index (χ4v) is 25.0.